The normalized spacial score (nSPS) is 19.0. The molecule has 0 unspecified atom stereocenters. The van der Waals surface area contributed by atoms with E-state index in [1.54, 1.807) is 24.3 Å². The Morgan fingerprint density at radius 2 is 1.92 bits per heavy atom. The van der Waals surface area contributed by atoms with Crippen molar-refractivity contribution in [1.82, 2.24) is 15.1 Å². The minimum absolute atomic E-state index is 0.0736. The maximum Gasteiger partial charge on any atom is 0.420 e. The molecule has 1 aromatic carbocycles. The van der Waals surface area contributed by atoms with Crippen molar-refractivity contribution < 1.29 is 13.2 Å². The highest BCUT2D eigenvalue weighted by Crippen LogP contribution is 2.36. The Bertz CT molecular complexity index is 734. The van der Waals surface area contributed by atoms with Crippen LogP contribution in [0, 0.1) is 0 Å². The van der Waals surface area contributed by atoms with Crippen LogP contribution in [0.15, 0.2) is 30.3 Å². The molecule has 1 aliphatic heterocycles. The third-order valence-corrected chi connectivity index (χ3v) is 4.46. The zero-order valence-electron chi connectivity index (χ0n) is 13.6. The molecule has 134 valence electrons. The number of alkyl halides is 3. The van der Waals surface area contributed by atoms with E-state index in [1.807, 2.05) is 7.05 Å². The second-order valence-electron chi connectivity index (χ2n) is 6.24. The molecule has 0 amide bonds. The number of hydrogen-bond donors (Lipinski definition) is 1. The molecule has 8 heteroatoms. The Morgan fingerprint density at radius 1 is 1.20 bits per heavy atom. The second-order valence-corrected chi connectivity index (χ2v) is 6.68. The standard InChI is InChI=1S/C17H18ClF3N4/c1-25-8-2-3-13(10-25)22-16-14(17(19,20)21)9-15(23-24-16)11-4-6-12(18)7-5-11/h4-7,9,13H,2-3,8,10H2,1H3,(H,22,24)/t13-/m1/s1. The first-order chi connectivity index (χ1) is 11.8. The van der Waals surface area contributed by atoms with Gasteiger partial charge < -0.3 is 10.2 Å². The number of piperidine rings is 1. The molecule has 1 aromatic heterocycles. The van der Waals surface area contributed by atoms with Gasteiger partial charge in [-0.25, -0.2) is 0 Å². The molecule has 1 atom stereocenters. The largest absolute Gasteiger partial charge is 0.420 e. The summed E-state index contributed by atoms with van der Waals surface area (Å²) in [6.07, 6.45) is -2.77. The topological polar surface area (TPSA) is 41.0 Å². The fourth-order valence-corrected chi connectivity index (χ4v) is 3.08. The van der Waals surface area contributed by atoms with Crippen LogP contribution in [0.3, 0.4) is 0 Å². The van der Waals surface area contributed by atoms with E-state index < -0.39 is 11.7 Å². The van der Waals surface area contributed by atoms with Gasteiger partial charge in [-0.3, -0.25) is 0 Å². The molecular formula is C17H18ClF3N4. The molecule has 1 saturated heterocycles. The number of anilines is 1. The van der Waals surface area contributed by atoms with Crippen LogP contribution in [0.1, 0.15) is 18.4 Å². The highest BCUT2D eigenvalue weighted by molar-refractivity contribution is 6.30. The zero-order chi connectivity index (χ0) is 18.0. The average Bonchev–Trinajstić information content (AvgIpc) is 2.55. The summed E-state index contributed by atoms with van der Waals surface area (Å²) in [5.41, 5.74) is -0.109. The third-order valence-electron chi connectivity index (χ3n) is 4.20. The fraction of sp³-hybridized carbons (Fsp3) is 0.412. The second kappa shape index (κ2) is 7.17. The summed E-state index contributed by atoms with van der Waals surface area (Å²) in [6.45, 7) is 1.63. The van der Waals surface area contributed by atoms with Gasteiger partial charge >= 0.3 is 6.18 Å². The quantitative estimate of drug-likeness (QED) is 0.873. The number of aromatic nitrogens is 2. The average molecular weight is 371 g/mol. The number of likely N-dealkylation sites (N-methyl/N-ethyl adjacent to an activating group) is 1. The summed E-state index contributed by atoms with van der Waals surface area (Å²) in [4.78, 5) is 2.09. The lowest BCUT2D eigenvalue weighted by molar-refractivity contribution is -0.137. The molecule has 0 spiro atoms. The molecular weight excluding hydrogens is 353 g/mol. The Labute approximate surface area is 149 Å². The molecule has 3 rings (SSSR count). The van der Waals surface area contributed by atoms with Crippen LogP contribution in [0.2, 0.25) is 5.02 Å². The van der Waals surface area contributed by atoms with Gasteiger partial charge in [-0.2, -0.15) is 13.2 Å². The predicted molar refractivity (Wildman–Crippen MR) is 91.6 cm³/mol. The monoisotopic (exact) mass is 370 g/mol. The van der Waals surface area contributed by atoms with Gasteiger partial charge in [-0.1, -0.05) is 23.7 Å². The van der Waals surface area contributed by atoms with E-state index in [-0.39, 0.29) is 17.6 Å². The van der Waals surface area contributed by atoms with Crippen LogP contribution in [-0.2, 0) is 6.18 Å². The summed E-state index contributed by atoms with van der Waals surface area (Å²) in [7, 11) is 1.95. The first-order valence-electron chi connectivity index (χ1n) is 7.99. The number of halogens is 4. The number of benzene rings is 1. The fourth-order valence-electron chi connectivity index (χ4n) is 2.95. The van der Waals surface area contributed by atoms with E-state index in [4.69, 9.17) is 11.6 Å². The van der Waals surface area contributed by atoms with Gasteiger partial charge in [-0.05, 0) is 44.6 Å². The smallest absolute Gasteiger partial charge is 0.364 e. The van der Waals surface area contributed by atoms with Crippen molar-refractivity contribution in [3.8, 4) is 11.3 Å². The summed E-state index contributed by atoms with van der Waals surface area (Å²) in [5.74, 6) is -0.217. The van der Waals surface area contributed by atoms with Crippen molar-refractivity contribution in [3.05, 3.63) is 40.9 Å². The van der Waals surface area contributed by atoms with E-state index in [1.165, 1.54) is 0 Å². The minimum Gasteiger partial charge on any atom is -0.364 e. The molecule has 1 N–H and O–H groups in total. The molecule has 25 heavy (non-hydrogen) atoms. The van der Waals surface area contributed by atoms with Crippen LogP contribution in [0.5, 0.6) is 0 Å². The van der Waals surface area contributed by atoms with Gasteiger partial charge in [-0.15, -0.1) is 10.2 Å². The molecule has 0 saturated carbocycles. The van der Waals surface area contributed by atoms with Crippen molar-refractivity contribution in [2.75, 3.05) is 25.5 Å². The van der Waals surface area contributed by atoms with Crippen molar-refractivity contribution in [1.29, 1.82) is 0 Å². The van der Waals surface area contributed by atoms with Gasteiger partial charge in [0.05, 0.1) is 5.69 Å². The molecule has 1 aliphatic rings. The van der Waals surface area contributed by atoms with Crippen LogP contribution in [-0.4, -0.2) is 41.3 Å². The van der Waals surface area contributed by atoms with Crippen LogP contribution in [0.4, 0.5) is 19.0 Å². The van der Waals surface area contributed by atoms with Gasteiger partial charge in [0, 0.05) is 23.2 Å². The summed E-state index contributed by atoms with van der Waals surface area (Å²) >= 11 is 5.82. The van der Waals surface area contributed by atoms with Crippen molar-refractivity contribution >= 4 is 17.4 Å². The predicted octanol–water partition coefficient (Wildman–Crippen LogP) is 4.32. The Balaban J connectivity index is 1.91. The Hall–Kier alpha value is -1.86. The van der Waals surface area contributed by atoms with Crippen molar-refractivity contribution in [2.24, 2.45) is 0 Å². The van der Waals surface area contributed by atoms with Crippen LogP contribution < -0.4 is 5.32 Å². The van der Waals surface area contributed by atoms with Gasteiger partial charge in [0.15, 0.2) is 5.82 Å². The SMILES string of the molecule is CN1CCC[C@@H](Nc2nnc(-c3ccc(Cl)cc3)cc2C(F)(F)F)C1. The Kier molecular flexibility index (Phi) is 5.15. The lowest BCUT2D eigenvalue weighted by atomic mass is 10.1. The molecule has 2 heterocycles. The third kappa shape index (κ3) is 4.41. The molecule has 1 fully saturated rings. The van der Waals surface area contributed by atoms with Crippen LogP contribution in [0.25, 0.3) is 11.3 Å². The zero-order valence-corrected chi connectivity index (χ0v) is 14.4. The van der Waals surface area contributed by atoms with E-state index in [0.29, 0.717) is 17.1 Å². The van der Waals surface area contributed by atoms with Gasteiger partial charge in [0.1, 0.15) is 5.56 Å². The van der Waals surface area contributed by atoms with Crippen molar-refractivity contribution in [3.63, 3.8) is 0 Å². The molecule has 0 radical (unpaired) electrons. The minimum atomic E-state index is -4.51. The van der Waals surface area contributed by atoms with Crippen molar-refractivity contribution in [2.45, 2.75) is 25.1 Å². The summed E-state index contributed by atoms with van der Waals surface area (Å²) < 4.78 is 40.5. The number of hydrogen-bond acceptors (Lipinski definition) is 4. The molecule has 0 aliphatic carbocycles. The van der Waals surface area contributed by atoms with E-state index in [0.717, 1.165) is 25.5 Å². The summed E-state index contributed by atoms with van der Waals surface area (Å²) in [6, 6.07) is 7.41. The Morgan fingerprint density at radius 3 is 2.56 bits per heavy atom. The number of likely N-dealkylation sites (tertiary alicyclic amines) is 1. The highest BCUT2D eigenvalue weighted by Gasteiger charge is 2.36. The first-order valence-corrected chi connectivity index (χ1v) is 8.36. The van der Waals surface area contributed by atoms with Gasteiger partial charge in [0.25, 0.3) is 0 Å². The lowest BCUT2D eigenvalue weighted by Gasteiger charge is -2.31. The number of nitrogens with zero attached hydrogens (tertiary/aromatic N) is 3. The van der Waals surface area contributed by atoms with E-state index in [9.17, 15) is 13.2 Å². The van der Waals surface area contributed by atoms with E-state index in [2.05, 4.69) is 20.4 Å². The first kappa shape index (κ1) is 17.9. The molecule has 0 bridgehead atoms. The molecule has 2 aromatic rings. The number of rotatable bonds is 3. The highest BCUT2D eigenvalue weighted by atomic mass is 35.5. The van der Waals surface area contributed by atoms with E-state index >= 15 is 0 Å². The maximum absolute atomic E-state index is 13.5. The lowest BCUT2D eigenvalue weighted by Crippen LogP contribution is -2.40. The van der Waals surface area contributed by atoms with Crippen LogP contribution >= 0.6 is 11.6 Å². The maximum atomic E-state index is 13.5. The summed E-state index contributed by atoms with van der Waals surface area (Å²) in [5, 5.41) is 11.2. The number of nitrogens with one attached hydrogen (secondary N) is 1. The molecule has 4 nitrogen and oxygen atoms in total. The van der Waals surface area contributed by atoms with Gasteiger partial charge in [0.2, 0.25) is 0 Å².